The van der Waals surface area contributed by atoms with Crippen LogP contribution in [0, 0.1) is 6.92 Å². The third-order valence-electron chi connectivity index (χ3n) is 7.07. The number of carbonyl (C=O) groups is 2. The fraction of sp³-hybridized carbons (Fsp3) is 0.355. The van der Waals surface area contributed by atoms with Crippen molar-refractivity contribution in [2.24, 2.45) is 0 Å². The summed E-state index contributed by atoms with van der Waals surface area (Å²) in [4.78, 5) is 29.3. The van der Waals surface area contributed by atoms with Gasteiger partial charge in [0.25, 0.3) is 5.91 Å². The van der Waals surface area contributed by atoms with E-state index < -0.39 is 6.04 Å². The van der Waals surface area contributed by atoms with Crippen molar-refractivity contribution in [3.63, 3.8) is 0 Å². The highest BCUT2D eigenvalue weighted by Gasteiger charge is 2.32. The Morgan fingerprint density at radius 3 is 2.46 bits per heavy atom. The Hall–Kier alpha value is -2.54. The summed E-state index contributed by atoms with van der Waals surface area (Å²) in [6.45, 7) is 1.89. The first-order chi connectivity index (χ1) is 18.8. The molecule has 0 heterocycles. The molecule has 4 rings (SSSR count). The second-order valence-corrected chi connectivity index (χ2v) is 11.7. The maximum Gasteiger partial charge on any atom is 0.261 e. The van der Waals surface area contributed by atoms with Gasteiger partial charge >= 0.3 is 0 Å². The van der Waals surface area contributed by atoms with Crippen LogP contribution in [0.4, 0.5) is 0 Å². The van der Waals surface area contributed by atoms with Gasteiger partial charge in [0, 0.05) is 33.5 Å². The third-order valence-corrected chi connectivity index (χ3v) is 8.55. The maximum absolute atomic E-state index is 13.8. The van der Waals surface area contributed by atoms with Gasteiger partial charge in [-0.2, -0.15) is 0 Å². The number of aryl methyl sites for hydroxylation is 1. The number of amides is 2. The molecule has 8 heteroatoms. The Balaban J connectivity index is 1.63. The normalized spacial score (nSPS) is 14.5. The monoisotopic (exact) mass is 630 g/mol. The van der Waals surface area contributed by atoms with Crippen molar-refractivity contribution in [2.75, 3.05) is 6.61 Å². The molecule has 3 aromatic rings. The van der Waals surface area contributed by atoms with Crippen molar-refractivity contribution in [1.82, 2.24) is 10.2 Å². The molecule has 0 aliphatic heterocycles. The van der Waals surface area contributed by atoms with Crippen LogP contribution in [0.15, 0.2) is 71.2 Å². The minimum Gasteiger partial charge on any atom is -0.484 e. The lowest BCUT2D eigenvalue weighted by atomic mass is 9.94. The number of rotatable bonds is 10. The molecule has 2 amide bonds. The smallest absolute Gasteiger partial charge is 0.261 e. The van der Waals surface area contributed by atoms with E-state index in [2.05, 4.69) is 21.2 Å². The number of halogens is 3. The van der Waals surface area contributed by atoms with Crippen molar-refractivity contribution in [2.45, 2.75) is 64.1 Å². The van der Waals surface area contributed by atoms with E-state index >= 15 is 0 Å². The van der Waals surface area contributed by atoms with E-state index in [0.717, 1.165) is 41.3 Å². The Bertz CT molecular complexity index is 1280. The lowest BCUT2D eigenvalue weighted by molar-refractivity contribution is -0.143. The number of carbonyl (C=O) groups excluding carboxylic acids is 2. The van der Waals surface area contributed by atoms with Crippen LogP contribution < -0.4 is 10.1 Å². The Kier molecular flexibility index (Phi) is 10.7. The predicted octanol–water partition coefficient (Wildman–Crippen LogP) is 7.53. The molecule has 1 fully saturated rings. The molecule has 1 aliphatic rings. The zero-order chi connectivity index (χ0) is 27.8. The second-order valence-electron chi connectivity index (χ2n) is 10.0. The highest BCUT2D eigenvalue weighted by Crippen LogP contribution is 2.26. The van der Waals surface area contributed by atoms with Crippen LogP contribution in [-0.2, 0) is 22.6 Å². The Morgan fingerprint density at radius 1 is 1.03 bits per heavy atom. The molecule has 1 saturated carbocycles. The SMILES string of the molecule is Cc1cc(OCC(=O)N(Cc2ccc(Cl)cc2Cl)[C@H](Cc2ccccc2)C(=O)NC2CCCCC2)ccc1Br. The van der Waals surface area contributed by atoms with E-state index in [1.54, 1.807) is 23.1 Å². The highest BCUT2D eigenvalue weighted by atomic mass is 79.9. The molecular formula is C31H33BrCl2N2O3. The molecule has 5 nitrogen and oxygen atoms in total. The summed E-state index contributed by atoms with van der Waals surface area (Å²) in [6, 6.07) is 19.9. The molecule has 206 valence electrons. The molecule has 1 N–H and O–H groups in total. The van der Waals surface area contributed by atoms with E-state index in [0.29, 0.717) is 27.8 Å². The highest BCUT2D eigenvalue weighted by molar-refractivity contribution is 9.10. The van der Waals surface area contributed by atoms with E-state index in [1.165, 1.54) is 6.42 Å². The number of ether oxygens (including phenoxy) is 1. The molecular weight excluding hydrogens is 599 g/mol. The number of hydrogen-bond acceptors (Lipinski definition) is 3. The molecule has 0 spiro atoms. The van der Waals surface area contributed by atoms with Gasteiger partial charge in [-0.1, -0.05) is 94.8 Å². The first-order valence-corrected chi connectivity index (χ1v) is 14.8. The fourth-order valence-electron chi connectivity index (χ4n) is 4.87. The van der Waals surface area contributed by atoms with E-state index in [-0.39, 0.29) is 31.0 Å². The van der Waals surface area contributed by atoms with Gasteiger partial charge in [0.2, 0.25) is 5.91 Å². The van der Waals surface area contributed by atoms with Crippen molar-refractivity contribution in [3.05, 3.63) is 97.9 Å². The van der Waals surface area contributed by atoms with E-state index in [9.17, 15) is 9.59 Å². The lowest BCUT2D eigenvalue weighted by Gasteiger charge is -2.33. The van der Waals surface area contributed by atoms with Gasteiger partial charge in [-0.15, -0.1) is 0 Å². The fourth-order valence-corrected chi connectivity index (χ4v) is 5.58. The van der Waals surface area contributed by atoms with Crippen molar-refractivity contribution in [3.8, 4) is 5.75 Å². The number of benzene rings is 3. The molecule has 1 atom stereocenters. The molecule has 3 aromatic carbocycles. The van der Waals surface area contributed by atoms with E-state index in [1.807, 2.05) is 55.5 Å². The second kappa shape index (κ2) is 14.2. The van der Waals surface area contributed by atoms with Crippen molar-refractivity contribution < 1.29 is 14.3 Å². The summed E-state index contributed by atoms with van der Waals surface area (Å²) in [5.41, 5.74) is 2.67. The van der Waals surface area contributed by atoms with Gasteiger partial charge in [0.15, 0.2) is 6.61 Å². The zero-order valence-corrected chi connectivity index (χ0v) is 25.1. The largest absolute Gasteiger partial charge is 0.484 e. The number of nitrogens with one attached hydrogen (secondary N) is 1. The Labute approximate surface area is 249 Å². The molecule has 0 saturated heterocycles. The topological polar surface area (TPSA) is 58.6 Å². The van der Waals surface area contributed by atoms with Crippen molar-refractivity contribution >= 4 is 50.9 Å². The molecule has 0 unspecified atom stereocenters. The van der Waals surface area contributed by atoms with Crippen LogP contribution in [0.5, 0.6) is 5.75 Å². The molecule has 0 radical (unpaired) electrons. The molecule has 0 aromatic heterocycles. The van der Waals surface area contributed by atoms with Gasteiger partial charge in [0.1, 0.15) is 11.8 Å². The van der Waals surface area contributed by atoms with Crippen LogP contribution in [0.2, 0.25) is 10.0 Å². The van der Waals surface area contributed by atoms with E-state index in [4.69, 9.17) is 27.9 Å². The van der Waals surface area contributed by atoms with Crippen molar-refractivity contribution in [1.29, 1.82) is 0 Å². The summed E-state index contributed by atoms with van der Waals surface area (Å²) in [7, 11) is 0. The summed E-state index contributed by atoms with van der Waals surface area (Å²) in [6.07, 6.45) is 5.65. The molecule has 0 bridgehead atoms. The molecule has 39 heavy (non-hydrogen) atoms. The summed E-state index contributed by atoms with van der Waals surface area (Å²) < 4.78 is 6.86. The third kappa shape index (κ3) is 8.47. The maximum atomic E-state index is 13.8. The minimum atomic E-state index is -0.746. The standard InChI is InChI=1S/C31H33BrCl2N2O3/c1-21-16-26(14-15-27(21)32)39-20-30(37)36(19-23-12-13-24(33)18-28(23)34)29(17-22-8-4-2-5-9-22)31(38)35-25-10-6-3-7-11-25/h2,4-5,8-9,12-16,18,25,29H,3,6-7,10-11,17,19-20H2,1H3,(H,35,38)/t29-/m1/s1. The Morgan fingerprint density at radius 2 is 1.77 bits per heavy atom. The van der Waals surface area contributed by atoms with Gasteiger partial charge < -0.3 is 15.0 Å². The first kappa shape index (κ1) is 29.4. The predicted molar refractivity (Wildman–Crippen MR) is 160 cm³/mol. The van der Waals surface area contributed by atoms with Gasteiger partial charge in [-0.3, -0.25) is 9.59 Å². The van der Waals surface area contributed by atoms with Crippen LogP contribution in [0.25, 0.3) is 0 Å². The summed E-state index contributed by atoms with van der Waals surface area (Å²) in [5, 5.41) is 4.19. The number of hydrogen-bond donors (Lipinski definition) is 1. The first-order valence-electron chi connectivity index (χ1n) is 13.3. The van der Waals surface area contributed by atoms with Gasteiger partial charge in [0.05, 0.1) is 0 Å². The van der Waals surface area contributed by atoms with Gasteiger partial charge in [-0.25, -0.2) is 0 Å². The zero-order valence-electron chi connectivity index (χ0n) is 22.0. The van der Waals surface area contributed by atoms with Crippen LogP contribution >= 0.6 is 39.1 Å². The average molecular weight is 632 g/mol. The van der Waals surface area contributed by atoms with Crippen LogP contribution in [0.1, 0.15) is 48.8 Å². The quantitative estimate of drug-likeness (QED) is 0.252. The van der Waals surface area contributed by atoms with Gasteiger partial charge in [-0.05, 0) is 66.8 Å². The summed E-state index contributed by atoms with van der Waals surface area (Å²) >= 11 is 16.2. The average Bonchev–Trinajstić information content (AvgIpc) is 2.93. The summed E-state index contributed by atoms with van der Waals surface area (Å²) in [5.74, 6) is 0.116. The van der Waals surface area contributed by atoms with Crippen LogP contribution in [0.3, 0.4) is 0 Å². The van der Waals surface area contributed by atoms with Crippen LogP contribution in [-0.4, -0.2) is 35.4 Å². The lowest BCUT2D eigenvalue weighted by Crippen LogP contribution is -2.53. The molecule has 1 aliphatic carbocycles. The minimum absolute atomic E-state index is 0.114. The number of nitrogens with zero attached hydrogens (tertiary/aromatic N) is 1.